The highest BCUT2D eigenvalue weighted by Crippen LogP contribution is 2.15. The minimum absolute atomic E-state index is 0.0628. The molecule has 0 aromatic carbocycles. The third-order valence-corrected chi connectivity index (χ3v) is 1.55. The van der Waals surface area contributed by atoms with Crippen molar-refractivity contribution in [2.24, 2.45) is 0 Å². The maximum absolute atomic E-state index is 11.2. The first kappa shape index (κ1) is 11.2. The van der Waals surface area contributed by atoms with Gasteiger partial charge in [-0.3, -0.25) is 14.9 Å². The van der Waals surface area contributed by atoms with Crippen molar-refractivity contribution in [2.45, 2.75) is 13.0 Å². The predicted molar refractivity (Wildman–Crippen MR) is 49.4 cm³/mol. The van der Waals surface area contributed by atoms with Gasteiger partial charge < -0.3 is 14.8 Å². The summed E-state index contributed by atoms with van der Waals surface area (Å²) >= 11 is 0. The van der Waals surface area contributed by atoms with Crippen LogP contribution < -0.4 is 5.32 Å². The van der Waals surface area contributed by atoms with E-state index in [0.717, 1.165) is 6.07 Å². The van der Waals surface area contributed by atoms with Gasteiger partial charge in [-0.05, 0) is 13.0 Å². The summed E-state index contributed by atoms with van der Waals surface area (Å²) in [5, 5.41) is 21.5. The molecule has 1 heterocycles. The van der Waals surface area contributed by atoms with Gasteiger partial charge in [0.2, 0.25) is 0 Å². The van der Waals surface area contributed by atoms with Crippen molar-refractivity contribution in [2.75, 3.05) is 6.54 Å². The standard InChI is InChI=1S/C8H10N2O5/c1-5(11)4-9-8(12)6-2-3-7(15-6)10(13)14/h2-3,5,11H,4H2,1H3,(H,9,12)/t5-/m1/s1. The van der Waals surface area contributed by atoms with Crippen LogP contribution in [0.4, 0.5) is 5.88 Å². The van der Waals surface area contributed by atoms with Crippen LogP contribution in [0, 0.1) is 10.1 Å². The molecule has 7 heteroatoms. The smallest absolute Gasteiger partial charge is 0.395 e. The number of nitro groups is 1. The Balaban J connectivity index is 2.62. The first-order chi connectivity index (χ1) is 7.00. The van der Waals surface area contributed by atoms with Gasteiger partial charge in [0.15, 0.2) is 5.76 Å². The number of furan rings is 1. The summed E-state index contributed by atoms with van der Waals surface area (Å²) in [7, 11) is 0. The second-order valence-corrected chi connectivity index (χ2v) is 2.95. The summed E-state index contributed by atoms with van der Waals surface area (Å²) in [6.07, 6.45) is -0.682. The van der Waals surface area contributed by atoms with Gasteiger partial charge >= 0.3 is 5.88 Å². The number of carbonyl (C=O) groups excluding carboxylic acids is 1. The monoisotopic (exact) mass is 214 g/mol. The highest BCUT2D eigenvalue weighted by molar-refractivity contribution is 5.91. The molecule has 1 atom stereocenters. The van der Waals surface area contributed by atoms with Crippen LogP contribution in [0.15, 0.2) is 16.5 Å². The molecule has 82 valence electrons. The van der Waals surface area contributed by atoms with Crippen molar-refractivity contribution in [3.8, 4) is 0 Å². The minimum Gasteiger partial charge on any atom is -0.395 e. The summed E-state index contributed by atoms with van der Waals surface area (Å²) in [5.41, 5.74) is 0. The van der Waals surface area contributed by atoms with Crippen molar-refractivity contribution >= 4 is 11.8 Å². The highest BCUT2D eigenvalue weighted by Gasteiger charge is 2.16. The summed E-state index contributed by atoms with van der Waals surface area (Å²) in [4.78, 5) is 20.8. The normalized spacial score (nSPS) is 12.1. The number of nitrogens with zero attached hydrogens (tertiary/aromatic N) is 1. The molecule has 0 bridgehead atoms. The number of aliphatic hydroxyl groups excluding tert-OH is 1. The molecule has 1 rings (SSSR count). The Morgan fingerprint density at radius 1 is 1.73 bits per heavy atom. The second kappa shape index (κ2) is 4.56. The molecule has 1 amide bonds. The molecule has 15 heavy (non-hydrogen) atoms. The van der Waals surface area contributed by atoms with E-state index in [-0.39, 0.29) is 12.3 Å². The van der Waals surface area contributed by atoms with Crippen LogP contribution in [-0.2, 0) is 0 Å². The number of carbonyl (C=O) groups is 1. The Bertz CT molecular complexity index is 371. The Kier molecular flexibility index (Phi) is 3.40. The summed E-state index contributed by atoms with van der Waals surface area (Å²) < 4.78 is 4.65. The SMILES string of the molecule is C[C@@H](O)CNC(=O)c1ccc([N+](=O)[O-])o1. The zero-order chi connectivity index (χ0) is 11.4. The third-order valence-electron chi connectivity index (χ3n) is 1.55. The van der Waals surface area contributed by atoms with E-state index >= 15 is 0 Å². The molecule has 2 N–H and O–H groups in total. The van der Waals surface area contributed by atoms with E-state index in [1.165, 1.54) is 13.0 Å². The van der Waals surface area contributed by atoms with Gasteiger partial charge in [-0.15, -0.1) is 0 Å². The Hall–Kier alpha value is -1.89. The molecule has 1 aromatic rings. The highest BCUT2D eigenvalue weighted by atomic mass is 16.6. The number of amides is 1. The maximum atomic E-state index is 11.2. The Morgan fingerprint density at radius 3 is 2.87 bits per heavy atom. The second-order valence-electron chi connectivity index (χ2n) is 2.95. The number of rotatable bonds is 4. The van der Waals surface area contributed by atoms with Gasteiger partial charge in [-0.2, -0.15) is 0 Å². The van der Waals surface area contributed by atoms with E-state index in [4.69, 9.17) is 5.11 Å². The molecular formula is C8H10N2O5. The average Bonchev–Trinajstić information content (AvgIpc) is 2.62. The molecule has 0 aliphatic carbocycles. The van der Waals surface area contributed by atoms with Crippen LogP contribution in [-0.4, -0.2) is 28.6 Å². The lowest BCUT2D eigenvalue weighted by molar-refractivity contribution is -0.402. The first-order valence-corrected chi connectivity index (χ1v) is 4.21. The van der Waals surface area contributed by atoms with Crippen LogP contribution >= 0.6 is 0 Å². The van der Waals surface area contributed by atoms with Gasteiger partial charge in [0.25, 0.3) is 5.91 Å². The van der Waals surface area contributed by atoms with E-state index in [2.05, 4.69) is 9.73 Å². The topological polar surface area (TPSA) is 106 Å². The van der Waals surface area contributed by atoms with Crippen LogP contribution in [0.25, 0.3) is 0 Å². The molecule has 0 aliphatic heterocycles. The van der Waals surface area contributed by atoms with Crippen molar-refractivity contribution in [3.05, 3.63) is 28.0 Å². The fourth-order valence-electron chi connectivity index (χ4n) is 0.875. The molecule has 0 saturated heterocycles. The molecule has 7 nitrogen and oxygen atoms in total. The van der Waals surface area contributed by atoms with Crippen molar-refractivity contribution in [1.82, 2.24) is 5.32 Å². The van der Waals surface area contributed by atoms with Gasteiger partial charge in [-0.1, -0.05) is 0 Å². The van der Waals surface area contributed by atoms with Crippen LogP contribution in [0.5, 0.6) is 0 Å². The zero-order valence-corrected chi connectivity index (χ0v) is 7.97. The fourth-order valence-corrected chi connectivity index (χ4v) is 0.875. The minimum atomic E-state index is -0.731. The maximum Gasteiger partial charge on any atom is 0.433 e. The van der Waals surface area contributed by atoms with Crippen LogP contribution in [0.3, 0.4) is 0 Å². The third kappa shape index (κ3) is 3.06. The van der Waals surface area contributed by atoms with E-state index in [1.807, 2.05) is 0 Å². The molecule has 0 radical (unpaired) electrons. The van der Waals surface area contributed by atoms with Gasteiger partial charge in [0, 0.05) is 6.54 Å². The Labute approximate surface area is 84.8 Å². The zero-order valence-electron chi connectivity index (χ0n) is 7.97. The lowest BCUT2D eigenvalue weighted by Gasteiger charge is -2.04. The molecule has 0 spiro atoms. The lowest BCUT2D eigenvalue weighted by atomic mass is 10.3. The lowest BCUT2D eigenvalue weighted by Crippen LogP contribution is -2.30. The molecule has 0 saturated carbocycles. The summed E-state index contributed by atoms with van der Waals surface area (Å²) in [6, 6.07) is 2.30. The molecule has 1 aromatic heterocycles. The molecule has 0 fully saturated rings. The number of hydrogen-bond donors (Lipinski definition) is 2. The van der Waals surface area contributed by atoms with Gasteiger partial charge in [0.05, 0.1) is 12.2 Å². The van der Waals surface area contributed by atoms with Crippen LogP contribution in [0.1, 0.15) is 17.5 Å². The van der Waals surface area contributed by atoms with E-state index < -0.39 is 22.8 Å². The van der Waals surface area contributed by atoms with E-state index in [1.54, 1.807) is 0 Å². The summed E-state index contributed by atoms with van der Waals surface area (Å²) in [6.45, 7) is 1.57. The van der Waals surface area contributed by atoms with Crippen molar-refractivity contribution in [1.29, 1.82) is 0 Å². The molecule has 0 aliphatic rings. The van der Waals surface area contributed by atoms with E-state index in [0.29, 0.717) is 0 Å². The number of aliphatic hydroxyl groups is 1. The van der Waals surface area contributed by atoms with E-state index in [9.17, 15) is 14.9 Å². The van der Waals surface area contributed by atoms with Gasteiger partial charge in [-0.25, -0.2) is 0 Å². The Morgan fingerprint density at radius 2 is 2.40 bits per heavy atom. The quantitative estimate of drug-likeness (QED) is 0.553. The largest absolute Gasteiger partial charge is 0.433 e. The predicted octanol–water partition coefficient (Wildman–Crippen LogP) is 0.298. The average molecular weight is 214 g/mol. The molecular weight excluding hydrogens is 204 g/mol. The first-order valence-electron chi connectivity index (χ1n) is 4.21. The van der Waals surface area contributed by atoms with Gasteiger partial charge in [0.1, 0.15) is 4.92 Å². The van der Waals surface area contributed by atoms with Crippen molar-refractivity contribution < 1.29 is 19.2 Å². The van der Waals surface area contributed by atoms with Crippen molar-refractivity contribution in [3.63, 3.8) is 0 Å². The van der Waals surface area contributed by atoms with Crippen LogP contribution in [0.2, 0.25) is 0 Å². The molecule has 0 unspecified atom stereocenters. The number of hydrogen-bond acceptors (Lipinski definition) is 5. The fraction of sp³-hybridized carbons (Fsp3) is 0.375. The summed E-state index contributed by atoms with van der Waals surface area (Å²) in [5.74, 6) is -1.23. The number of nitrogens with one attached hydrogen (secondary N) is 1.